The van der Waals surface area contributed by atoms with Gasteiger partial charge >= 0.3 is 0 Å². The van der Waals surface area contributed by atoms with Crippen molar-refractivity contribution in [2.45, 2.75) is 26.4 Å². The highest BCUT2D eigenvalue weighted by Crippen LogP contribution is 2.21. The topological polar surface area (TPSA) is 53.6 Å². The van der Waals surface area contributed by atoms with Gasteiger partial charge in [0.25, 0.3) is 0 Å². The Morgan fingerprint density at radius 2 is 2.47 bits per heavy atom. The first-order chi connectivity index (χ1) is 7.27. The van der Waals surface area contributed by atoms with Gasteiger partial charge in [-0.05, 0) is 19.9 Å². The van der Waals surface area contributed by atoms with Gasteiger partial charge in [0.1, 0.15) is 0 Å². The lowest BCUT2D eigenvalue weighted by Gasteiger charge is -2.11. The number of aromatic amines is 1. The van der Waals surface area contributed by atoms with E-state index < -0.39 is 0 Å². The quantitative estimate of drug-likeness (QED) is 0.832. The Morgan fingerprint density at radius 3 is 3.07 bits per heavy atom. The molecule has 2 heterocycles. The molecular formula is C10H14N4S. The number of hydrogen-bond donors (Lipinski definition) is 2. The van der Waals surface area contributed by atoms with Crippen molar-refractivity contribution in [3.63, 3.8) is 0 Å². The third kappa shape index (κ3) is 2.43. The van der Waals surface area contributed by atoms with Crippen molar-refractivity contribution in [3.05, 3.63) is 34.0 Å². The van der Waals surface area contributed by atoms with Crippen molar-refractivity contribution in [1.29, 1.82) is 0 Å². The smallest absolute Gasteiger partial charge is 0.0798 e. The van der Waals surface area contributed by atoms with Crippen molar-refractivity contribution in [2.75, 3.05) is 0 Å². The molecule has 4 nitrogen and oxygen atoms in total. The van der Waals surface area contributed by atoms with Gasteiger partial charge in [-0.2, -0.15) is 5.10 Å². The largest absolute Gasteiger partial charge is 0.304 e. The number of nitrogens with one attached hydrogen (secondary N) is 2. The van der Waals surface area contributed by atoms with Crippen LogP contribution in [0.25, 0.3) is 0 Å². The van der Waals surface area contributed by atoms with Crippen LogP contribution in [0.15, 0.2) is 17.8 Å². The summed E-state index contributed by atoms with van der Waals surface area (Å²) in [5, 5.41) is 10.3. The molecule has 2 aromatic rings. The van der Waals surface area contributed by atoms with Crippen LogP contribution in [-0.2, 0) is 6.54 Å². The van der Waals surface area contributed by atoms with Crippen LogP contribution < -0.4 is 5.32 Å². The average molecular weight is 222 g/mol. The summed E-state index contributed by atoms with van der Waals surface area (Å²) in [6, 6.07) is 2.31. The summed E-state index contributed by atoms with van der Waals surface area (Å²) in [5.74, 6) is 0. The molecule has 1 atom stereocenters. The second kappa shape index (κ2) is 4.55. The van der Waals surface area contributed by atoms with Crippen LogP contribution in [-0.4, -0.2) is 15.2 Å². The van der Waals surface area contributed by atoms with E-state index in [1.54, 1.807) is 17.5 Å². The predicted molar refractivity (Wildman–Crippen MR) is 60.7 cm³/mol. The molecule has 0 spiro atoms. The van der Waals surface area contributed by atoms with Gasteiger partial charge in [0.2, 0.25) is 0 Å². The zero-order chi connectivity index (χ0) is 10.7. The Balaban J connectivity index is 1.93. The van der Waals surface area contributed by atoms with Crippen LogP contribution in [0.1, 0.15) is 29.2 Å². The number of aromatic nitrogens is 3. The first-order valence-electron chi connectivity index (χ1n) is 4.89. The summed E-state index contributed by atoms with van der Waals surface area (Å²) in [5.41, 5.74) is 4.10. The fourth-order valence-electron chi connectivity index (χ4n) is 1.47. The lowest BCUT2D eigenvalue weighted by Crippen LogP contribution is -2.18. The van der Waals surface area contributed by atoms with E-state index in [1.807, 2.05) is 18.5 Å². The third-order valence-corrected chi connectivity index (χ3v) is 3.45. The van der Waals surface area contributed by atoms with Gasteiger partial charge in [-0.3, -0.25) is 5.10 Å². The minimum atomic E-state index is 0.334. The molecule has 0 fully saturated rings. The van der Waals surface area contributed by atoms with Crippen LogP contribution in [0.3, 0.4) is 0 Å². The molecule has 0 saturated heterocycles. The number of thiazole rings is 1. The van der Waals surface area contributed by atoms with Crippen LogP contribution in [0.2, 0.25) is 0 Å². The molecule has 1 unspecified atom stereocenters. The van der Waals surface area contributed by atoms with Crippen molar-refractivity contribution >= 4 is 11.3 Å². The Labute approximate surface area is 92.8 Å². The van der Waals surface area contributed by atoms with E-state index in [2.05, 4.69) is 27.4 Å². The van der Waals surface area contributed by atoms with Gasteiger partial charge in [-0.25, -0.2) is 4.98 Å². The molecule has 15 heavy (non-hydrogen) atoms. The van der Waals surface area contributed by atoms with Gasteiger partial charge < -0.3 is 5.32 Å². The third-order valence-electron chi connectivity index (χ3n) is 2.33. The van der Waals surface area contributed by atoms with Gasteiger partial charge in [-0.1, -0.05) is 0 Å². The molecule has 2 aromatic heterocycles. The maximum atomic E-state index is 4.24. The first-order valence-corrected chi connectivity index (χ1v) is 5.77. The van der Waals surface area contributed by atoms with Crippen molar-refractivity contribution < 1.29 is 0 Å². The molecule has 2 rings (SSSR count). The Bertz CT molecular complexity index is 407. The molecular weight excluding hydrogens is 208 g/mol. The van der Waals surface area contributed by atoms with Gasteiger partial charge in [0.15, 0.2) is 0 Å². The summed E-state index contributed by atoms with van der Waals surface area (Å²) >= 11 is 1.70. The lowest BCUT2D eigenvalue weighted by atomic mass is 10.2. The average Bonchev–Trinajstić information content (AvgIpc) is 2.84. The maximum Gasteiger partial charge on any atom is 0.0798 e. The van der Waals surface area contributed by atoms with E-state index in [0.717, 1.165) is 17.9 Å². The minimum absolute atomic E-state index is 0.334. The highest BCUT2D eigenvalue weighted by Gasteiger charge is 2.10. The maximum absolute atomic E-state index is 4.24. The van der Waals surface area contributed by atoms with Crippen molar-refractivity contribution in [2.24, 2.45) is 0 Å². The zero-order valence-electron chi connectivity index (χ0n) is 8.82. The zero-order valence-corrected chi connectivity index (χ0v) is 9.64. The molecule has 0 aliphatic heterocycles. The summed E-state index contributed by atoms with van der Waals surface area (Å²) < 4.78 is 0. The summed E-state index contributed by atoms with van der Waals surface area (Å²) in [7, 11) is 0. The molecule has 0 saturated carbocycles. The van der Waals surface area contributed by atoms with Crippen molar-refractivity contribution in [1.82, 2.24) is 20.5 Å². The van der Waals surface area contributed by atoms with E-state index >= 15 is 0 Å². The van der Waals surface area contributed by atoms with E-state index in [-0.39, 0.29) is 0 Å². The molecule has 0 aliphatic rings. The van der Waals surface area contributed by atoms with E-state index in [4.69, 9.17) is 0 Å². The Morgan fingerprint density at radius 1 is 1.60 bits per heavy atom. The molecule has 0 radical (unpaired) electrons. The van der Waals surface area contributed by atoms with Gasteiger partial charge in [-0.15, -0.1) is 11.3 Å². The summed E-state index contributed by atoms with van der Waals surface area (Å²) in [6.45, 7) is 5.00. The van der Waals surface area contributed by atoms with Crippen LogP contribution in [0.5, 0.6) is 0 Å². The predicted octanol–water partition coefficient (Wildman–Crippen LogP) is 2.03. The molecule has 0 aliphatic carbocycles. The fourth-order valence-corrected chi connectivity index (χ4v) is 2.30. The highest BCUT2D eigenvalue weighted by molar-refractivity contribution is 7.09. The number of rotatable bonds is 4. The molecule has 0 amide bonds. The normalized spacial score (nSPS) is 12.9. The van der Waals surface area contributed by atoms with Gasteiger partial charge in [0.05, 0.1) is 11.2 Å². The summed E-state index contributed by atoms with van der Waals surface area (Å²) in [4.78, 5) is 5.54. The van der Waals surface area contributed by atoms with Crippen LogP contribution in [0, 0.1) is 6.92 Å². The Hall–Kier alpha value is -1.20. The minimum Gasteiger partial charge on any atom is -0.304 e. The van der Waals surface area contributed by atoms with E-state index in [0.29, 0.717) is 6.04 Å². The Kier molecular flexibility index (Phi) is 3.13. The van der Waals surface area contributed by atoms with Gasteiger partial charge in [0, 0.05) is 29.4 Å². The summed E-state index contributed by atoms with van der Waals surface area (Å²) in [6.07, 6.45) is 1.76. The number of hydrogen-bond acceptors (Lipinski definition) is 4. The van der Waals surface area contributed by atoms with E-state index in [9.17, 15) is 0 Å². The first kappa shape index (κ1) is 10.3. The fraction of sp³-hybridized carbons (Fsp3) is 0.400. The molecule has 5 heteroatoms. The van der Waals surface area contributed by atoms with Crippen molar-refractivity contribution in [3.8, 4) is 0 Å². The molecule has 80 valence electrons. The number of aryl methyl sites for hydroxylation is 1. The lowest BCUT2D eigenvalue weighted by molar-refractivity contribution is 0.571. The second-order valence-electron chi connectivity index (χ2n) is 3.49. The molecule has 2 N–H and O–H groups in total. The molecule has 0 aromatic carbocycles. The van der Waals surface area contributed by atoms with E-state index in [1.165, 1.54) is 4.88 Å². The number of nitrogens with zero attached hydrogens (tertiary/aromatic N) is 2. The highest BCUT2D eigenvalue weighted by atomic mass is 32.1. The molecule has 0 bridgehead atoms. The standard InChI is InChI=1S/C10H14N4S/c1-7(10-8(2)12-6-15-10)11-5-9-3-4-13-14-9/h3-4,6-7,11H,5H2,1-2H3,(H,13,14). The monoisotopic (exact) mass is 222 g/mol. The van der Waals surface area contributed by atoms with Crippen LogP contribution >= 0.6 is 11.3 Å². The SMILES string of the molecule is Cc1ncsc1C(C)NCc1ccn[nH]1. The second-order valence-corrected chi connectivity index (χ2v) is 4.37. The number of H-pyrrole nitrogens is 1. The van der Waals surface area contributed by atoms with Crippen LogP contribution in [0.4, 0.5) is 0 Å².